The molecule has 0 radical (unpaired) electrons. The van der Waals surface area contributed by atoms with Gasteiger partial charge in [-0.25, -0.2) is 28.6 Å². The molecule has 0 bridgehead atoms. The fourth-order valence-corrected chi connectivity index (χ4v) is 6.16. The van der Waals surface area contributed by atoms with Crippen molar-refractivity contribution in [3.05, 3.63) is 12.7 Å². The van der Waals surface area contributed by atoms with Gasteiger partial charge in [0.1, 0.15) is 30.2 Å². The van der Waals surface area contributed by atoms with Crippen molar-refractivity contribution >= 4 is 57.4 Å². The zero-order valence-corrected chi connectivity index (χ0v) is 22.4. The molecule has 1 fully saturated rings. The van der Waals surface area contributed by atoms with Gasteiger partial charge in [0.25, 0.3) is 0 Å². The van der Waals surface area contributed by atoms with E-state index in [0.717, 1.165) is 12.1 Å². The topological polar surface area (TPSA) is 355 Å². The molecule has 0 aliphatic carbocycles. The fraction of sp³-hybridized carbons (Fsp3) is 0.538. The summed E-state index contributed by atoms with van der Waals surface area (Å²) < 4.78 is 51.9. The van der Waals surface area contributed by atoms with E-state index in [1.54, 1.807) is 0 Å². The number of phosphoric acid groups is 3. The number of ether oxygens (including phenoxy) is 1. The Morgan fingerprint density at radius 1 is 1.11 bits per heavy atom. The monoisotopic (exact) mass is 626 g/mol. The smallest absolute Gasteiger partial charge is 0.387 e. The summed E-state index contributed by atoms with van der Waals surface area (Å²) >= 11 is 1.27. The Balaban J connectivity index is 0.000000638. The number of nitrogens with one attached hydrogen (secondary N) is 1. The van der Waals surface area contributed by atoms with Gasteiger partial charge in [0.2, 0.25) is 0 Å². The molecule has 1 aliphatic rings. The molecule has 0 amide bonds. The minimum Gasteiger partial charge on any atom is -0.387 e. The highest BCUT2D eigenvalue weighted by molar-refractivity contribution is 8.13. The molecular formula is C13H25N8O13P3S. The van der Waals surface area contributed by atoms with Crippen LogP contribution < -0.4 is 17.2 Å². The first-order chi connectivity index (χ1) is 17.5. The molecule has 3 heterocycles. The van der Waals surface area contributed by atoms with Crippen LogP contribution in [0, 0.1) is 5.41 Å². The lowest BCUT2D eigenvalue weighted by Gasteiger charge is -2.19. The number of hydrogen-bond acceptors (Lipinski definition) is 16. The number of amidine groups is 1. The van der Waals surface area contributed by atoms with Crippen LogP contribution in [0.1, 0.15) is 6.23 Å². The van der Waals surface area contributed by atoms with Crippen LogP contribution >= 0.6 is 35.2 Å². The van der Waals surface area contributed by atoms with Gasteiger partial charge in [0.15, 0.2) is 22.9 Å². The highest BCUT2D eigenvalue weighted by Crippen LogP contribution is 2.66. The van der Waals surface area contributed by atoms with Crippen LogP contribution in [-0.4, -0.2) is 91.7 Å². The van der Waals surface area contributed by atoms with Gasteiger partial charge < -0.3 is 51.7 Å². The van der Waals surface area contributed by atoms with E-state index in [9.17, 15) is 28.8 Å². The third-order valence-electron chi connectivity index (χ3n) is 4.19. The van der Waals surface area contributed by atoms with Crippen LogP contribution in [0.2, 0.25) is 0 Å². The molecule has 1 aliphatic heterocycles. The fourth-order valence-electron chi connectivity index (χ4n) is 2.79. The van der Waals surface area contributed by atoms with E-state index >= 15 is 0 Å². The molecular weight excluding hydrogens is 601 g/mol. The molecule has 0 aromatic carbocycles. The van der Waals surface area contributed by atoms with Crippen LogP contribution in [0.15, 0.2) is 12.7 Å². The molecule has 6 atom stereocenters. The first-order valence-electron chi connectivity index (χ1n) is 9.86. The van der Waals surface area contributed by atoms with Crippen molar-refractivity contribution in [3.63, 3.8) is 0 Å². The summed E-state index contributed by atoms with van der Waals surface area (Å²) in [5.74, 6) is 0.788. The molecule has 0 saturated carbocycles. The number of nitrogen functional groups attached to an aromatic ring is 1. The third kappa shape index (κ3) is 9.56. The number of nitrogens with two attached hydrogens (primary N) is 3. The van der Waals surface area contributed by atoms with Crippen LogP contribution in [0.25, 0.3) is 11.2 Å². The quantitative estimate of drug-likeness (QED) is 0.0769. The third-order valence-corrected chi connectivity index (χ3v) is 8.75. The zero-order valence-electron chi connectivity index (χ0n) is 18.9. The summed E-state index contributed by atoms with van der Waals surface area (Å²) in [4.78, 5) is 47.2. The van der Waals surface area contributed by atoms with Gasteiger partial charge in [0.05, 0.1) is 12.9 Å². The number of hydrogen-bond donors (Lipinski definition) is 10. The van der Waals surface area contributed by atoms with Crippen molar-refractivity contribution in [1.29, 1.82) is 5.41 Å². The van der Waals surface area contributed by atoms with Gasteiger partial charge in [-0.05, 0) is 0 Å². The summed E-state index contributed by atoms with van der Waals surface area (Å²) in [6.45, 7) is -0.369. The van der Waals surface area contributed by atoms with E-state index in [2.05, 4.69) is 28.1 Å². The van der Waals surface area contributed by atoms with E-state index in [0.29, 0.717) is 6.54 Å². The van der Waals surface area contributed by atoms with Gasteiger partial charge >= 0.3 is 23.5 Å². The van der Waals surface area contributed by atoms with Crippen LogP contribution in [-0.2, 0) is 31.6 Å². The van der Waals surface area contributed by atoms with Crippen molar-refractivity contribution in [2.75, 3.05) is 24.6 Å². The minimum atomic E-state index is -5.70. The number of aliphatic hydroxyl groups excluding tert-OH is 2. The Bertz CT molecular complexity index is 1260. The Morgan fingerprint density at radius 3 is 2.32 bits per heavy atom. The van der Waals surface area contributed by atoms with Gasteiger partial charge in [-0.2, -0.15) is 8.62 Å². The zero-order chi connectivity index (χ0) is 28.9. The van der Waals surface area contributed by atoms with E-state index in [4.69, 9.17) is 42.0 Å². The van der Waals surface area contributed by atoms with Crippen molar-refractivity contribution in [1.82, 2.24) is 19.5 Å². The maximum Gasteiger partial charge on any atom is 0.490 e. The molecule has 1 saturated heterocycles. The van der Waals surface area contributed by atoms with E-state index in [-0.39, 0.29) is 22.1 Å². The number of anilines is 1. The lowest BCUT2D eigenvalue weighted by atomic mass is 10.1. The number of fused-ring (bicyclic) bond motifs is 1. The predicted octanol–water partition coefficient (Wildman–Crippen LogP) is -2.06. The van der Waals surface area contributed by atoms with Gasteiger partial charge in [-0.1, -0.05) is 11.8 Å². The molecule has 216 valence electrons. The summed E-state index contributed by atoms with van der Waals surface area (Å²) in [5, 5.41) is 27.2. The molecule has 2 aromatic heterocycles. The Labute approximate surface area is 217 Å². The first-order valence-corrected chi connectivity index (χ1v) is 15.4. The summed E-state index contributed by atoms with van der Waals surface area (Å²) in [5.41, 5.74) is 16.1. The summed E-state index contributed by atoms with van der Waals surface area (Å²) in [6.07, 6.45) is -3.69. The van der Waals surface area contributed by atoms with E-state index < -0.39 is 54.6 Å². The molecule has 38 heavy (non-hydrogen) atoms. The largest absolute Gasteiger partial charge is 0.490 e. The van der Waals surface area contributed by atoms with E-state index in [1.807, 2.05) is 0 Å². The number of imidazole rings is 1. The number of rotatable bonds is 10. The molecule has 3 rings (SSSR count). The normalized spacial score (nSPS) is 24.8. The second-order valence-corrected chi connectivity index (χ2v) is 12.6. The number of phosphoric ester groups is 1. The number of nitrogens with zero attached hydrogens (tertiary/aromatic N) is 4. The van der Waals surface area contributed by atoms with Gasteiger partial charge in [-0.3, -0.25) is 14.5 Å². The number of aromatic nitrogens is 4. The van der Waals surface area contributed by atoms with Gasteiger partial charge in [0, 0.05) is 12.3 Å². The van der Waals surface area contributed by atoms with E-state index in [1.165, 1.54) is 22.7 Å². The van der Waals surface area contributed by atoms with Gasteiger partial charge in [-0.15, -0.1) is 0 Å². The summed E-state index contributed by atoms with van der Waals surface area (Å²) in [7, 11) is -16.7. The number of aliphatic hydroxyl groups is 2. The standard InChI is InChI=1S/C10H16N5O13P3.C3H9N3S/c11-8-5-9(13-2-12-8)15(3-14-5)10-7(17)6(16)4(26-10)1-25-30(21,22)28-31(23,24)27-29(18,19)20;4-1-2-7-3(5)6/h2-4,6-7,10,16-17H,1H2,(H,21,22)(H,23,24)(H2,11,12,13)(H2,18,19,20);1-2,4H2,(H3,5,6). The lowest BCUT2D eigenvalue weighted by Crippen LogP contribution is -2.33. The van der Waals surface area contributed by atoms with Crippen LogP contribution in [0.5, 0.6) is 0 Å². The maximum absolute atomic E-state index is 11.8. The average molecular weight is 626 g/mol. The highest BCUT2D eigenvalue weighted by Gasteiger charge is 2.47. The molecule has 0 spiro atoms. The number of thioether (sulfide) groups is 1. The second-order valence-electron chi connectivity index (χ2n) is 7.02. The SMILES string of the molecule is N=C(N)SCCN.Nc1ncnc2c1ncn2C1OC(COP(=O)(O)OP(=O)(O)OP(=O)(O)O)C(O)C1O. The van der Waals surface area contributed by atoms with Crippen molar-refractivity contribution < 1.29 is 61.4 Å². The average Bonchev–Trinajstić information content (AvgIpc) is 3.31. The van der Waals surface area contributed by atoms with Crippen LogP contribution in [0.4, 0.5) is 5.82 Å². The molecule has 2 aromatic rings. The molecule has 21 nitrogen and oxygen atoms in total. The van der Waals surface area contributed by atoms with Crippen molar-refractivity contribution in [2.45, 2.75) is 24.5 Å². The molecule has 13 N–H and O–H groups in total. The van der Waals surface area contributed by atoms with Crippen molar-refractivity contribution in [3.8, 4) is 0 Å². The summed E-state index contributed by atoms with van der Waals surface area (Å²) in [6, 6.07) is 0. The maximum atomic E-state index is 11.8. The molecule has 6 unspecified atom stereocenters. The lowest BCUT2D eigenvalue weighted by molar-refractivity contribution is -0.0503. The predicted molar refractivity (Wildman–Crippen MR) is 129 cm³/mol. The Hall–Kier alpha value is -1.58. The first kappa shape index (κ1) is 32.6. The van der Waals surface area contributed by atoms with Crippen LogP contribution in [0.3, 0.4) is 0 Å². The minimum absolute atomic E-state index is 0.0426. The Morgan fingerprint density at radius 2 is 1.76 bits per heavy atom. The Kier molecular flexibility index (Phi) is 11.3. The second kappa shape index (κ2) is 13.2. The highest BCUT2D eigenvalue weighted by atomic mass is 32.2. The van der Waals surface area contributed by atoms with Crippen molar-refractivity contribution in [2.24, 2.45) is 11.5 Å². The molecule has 25 heteroatoms.